The molecule has 8 nitrogen and oxygen atoms in total. The van der Waals surface area contributed by atoms with E-state index in [1.54, 1.807) is 4.57 Å². The molecule has 1 aromatic heterocycles. The third-order valence-electron chi connectivity index (χ3n) is 4.34. The number of nitrogens with one attached hydrogen (secondary N) is 2. The smallest absolute Gasteiger partial charge is 0.326 e. The van der Waals surface area contributed by atoms with Crippen molar-refractivity contribution in [1.82, 2.24) is 19.8 Å². The number of aliphatic imine (C=N–C) groups is 1. The molecule has 3 rings (SSSR count). The molecule has 0 atom stereocenters. The van der Waals surface area contributed by atoms with Gasteiger partial charge in [0, 0.05) is 39.3 Å². The van der Waals surface area contributed by atoms with E-state index < -0.39 is 0 Å². The fourth-order valence-corrected chi connectivity index (χ4v) is 3.00. The lowest BCUT2D eigenvalue weighted by Crippen LogP contribution is -2.37. The summed E-state index contributed by atoms with van der Waals surface area (Å²) in [5, 5.41) is 3.07. The number of H-pyrrole nitrogens is 1. The first-order chi connectivity index (χ1) is 12.2. The number of morpholine rings is 1. The minimum Gasteiger partial charge on any atom is -0.379 e. The molecular weight excluding hydrogens is 447 g/mol. The van der Waals surface area contributed by atoms with Gasteiger partial charge in [0.15, 0.2) is 5.96 Å². The topological polar surface area (TPSA) is 101 Å². The van der Waals surface area contributed by atoms with Crippen LogP contribution in [0.25, 0.3) is 11.0 Å². The van der Waals surface area contributed by atoms with Gasteiger partial charge in [-0.2, -0.15) is 0 Å². The van der Waals surface area contributed by atoms with Gasteiger partial charge in [0.2, 0.25) is 0 Å². The molecule has 2 heterocycles. The van der Waals surface area contributed by atoms with Crippen LogP contribution in [-0.2, 0) is 11.3 Å². The van der Waals surface area contributed by atoms with Crippen LogP contribution in [-0.4, -0.2) is 66.3 Å². The molecule has 0 radical (unpaired) electrons. The second-order valence-corrected chi connectivity index (χ2v) is 6.10. The van der Waals surface area contributed by atoms with Gasteiger partial charge in [0.25, 0.3) is 0 Å². The van der Waals surface area contributed by atoms with Gasteiger partial charge in [-0.3, -0.25) is 14.5 Å². The van der Waals surface area contributed by atoms with Crippen molar-refractivity contribution < 1.29 is 4.74 Å². The Balaban J connectivity index is 0.00000243. The van der Waals surface area contributed by atoms with Gasteiger partial charge in [-0.15, -0.1) is 24.0 Å². The fraction of sp³-hybridized carbons (Fsp3) is 0.529. The number of nitrogens with two attached hydrogens (primary N) is 1. The van der Waals surface area contributed by atoms with Crippen molar-refractivity contribution in [1.29, 1.82) is 0 Å². The predicted molar refractivity (Wildman–Crippen MR) is 114 cm³/mol. The number of halogens is 1. The first-order valence-corrected chi connectivity index (χ1v) is 8.75. The molecule has 4 N–H and O–H groups in total. The predicted octanol–water partition coefficient (Wildman–Crippen LogP) is 0.574. The molecule has 0 aliphatic carbocycles. The maximum Gasteiger partial charge on any atom is 0.326 e. The molecule has 1 aliphatic heterocycles. The lowest BCUT2D eigenvalue weighted by molar-refractivity contribution is 0.0377. The van der Waals surface area contributed by atoms with Crippen molar-refractivity contribution in [2.24, 2.45) is 10.7 Å². The number of imidazole rings is 1. The van der Waals surface area contributed by atoms with Crippen molar-refractivity contribution in [3.05, 3.63) is 34.7 Å². The van der Waals surface area contributed by atoms with Crippen LogP contribution >= 0.6 is 24.0 Å². The molecule has 144 valence electrons. The third kappa shape index (κ3) is 5.71. The number of nitrogens with zero attached hydrogens (tertiary/aromatic N) is 3. The molecule has 26 heavy (non-hydrogen) atoms. The largest absolute Gasteiger partial charge is 0.379 e. The van der Waals surface area contributed by atoms with Crippen molar-refractivity contribution in [2.75, 3.05) is 45.9 Å². The van der Waals surface area contributed by atoms with Crippen LogP contribution < -0.4 is 16.7 Å². The van der Waals surface area contributed by atoms with Gasteiger partial charge in [0.1, 0.15) is 0 Å². The van der Waals surface area contributed by atoms with Gasteiger partial charge in [-0.05, 0) is 18.6 Å². The highest BCUT2D eigenvalue weighted by atomic mass is 127. The summed E-state index contributed by atoms with van der Waals surface area (Å²) in [6, 6.07) is 7.65. The summed E-state index contributed by atoms with van der Waals surface area (Å²) < 4.78 is 7.03. The minimum absolute atomic E-state index is 0. The Morgan fingerprint density at radius 1 is 1.27 bits per heavy atom. The number of rotatable bonds is 7. The van der Waals surface area contributed by atoms with E-state index in [4.69, 9.17) is 10.5 Å². The highest BCUT2D eigenvalue weighted by molar-refractivity contribution is 14.0. The zero-order chi connectivity index (χ0) is 17.5. The van der Waals surface area contributed by atoms with Crippen molar-refractivity contribution in [2.45, 2.75) is 13.0 Å². The van der Waals surface area contributed by atoms with Gasteiger partial charge < -0.3 is 20.8 Å². The minimum atomic E-state index is -0.107. The van der Waals surface area contributed by atoms with E-state index in [9.17, 15) is 4.79 Å². The summed E-state index contributed by atoms with van der Waals surface area (Å²) in [6.45, 7) is 6.44. The standard InChI is InChI=1S/C17H26N6O2.HI/c18-16(19-6-3-8-22-10-12-25-13-11-22)20-7-9-23-15-5-2-1-4-14(15)21-17(23)24;/h1-2,4-5H,3,6-13H2,(H,21,24)(H3,18,19,20);1H. The van der Waals surface area contributed by atoms with Crippen molar-refractivity contribution in [3.8, 4) is 0 Å². The van der Waals surface area contributed by atoms with E-state index >= 15 is 0 Å². The van der Waals surface area contributed by atoms with Crippen molar-refractivity contribution in [3.63, 3.8) is 0 Å². The van der Waals surface area contributed by atoms with E-state index in [0.29, 0.717) is 25.6 Å². The van der Waals surface area contributed by atoms with E-state index in [1.807, 2.05) is 24.3 Å². The quantitative estimate of drug-likeness (QED) is 0.236. The molecule has 0 spiro atoms. The number of aromatic nitrogens is 2. The number of benzene rings is 1. The maximum atomic E-state index is 12.0. The number of guanidine groups is 1. The second kappa shape index (κ2) is 10.5. The zero-order valence-corrected chi connectivity index (χ0v) is 17.1. The molecule has 9 heteroatoms. The first kappa shape index (κ1) is 20.7. The third-order valence-corrected chi connectivity index (χ3v) is 4.34. The van der Waals surface area contributed by atoms with Crippen LogP contribution in [0.5, 0.6) is 0 Å². The summed E-state index contributed by atoms with van der Waals surface area (Å²) in [5.41, 5.74) is 7.53. The Hall–Kier alpha value is -1.59. The number of fused-ring (bicyclic) bond motifs is 1. The second-order valence-electron chi connectivity index (χ2n) is 6.10. The van der Waals surface area contributed by atoms with Crippen LogP contribution in [0.3, 0.4) is 0 Å². The maximum absolute atomic E-state index is 12.0. The van der Waals surface area contributed by atoms with Crippen LogP contribution in [0.4, 0.5) is 0 Å². The van der Waals surface area contributed by atoms with Gasteiger partial charge >= 0.3 is 5.69 Å². The highest BCUT2D eigenvalue weighted by Gasteiger charge is 2.09. The zero-order valence-electron chi connectivity index (χ0n) is 14.8. The highest BCUT2D eigenvalue weighted by Crippen LogP contribution is 2.08. The molecule has 1 aliphatic rings. The SMILES string of the molecule is I.NC(=NCCCN1CCOCC1)NCCn1c(=O)[nH]c2ccccc21. The summed E-state index contributed by atoms with van der Waals surface area (Å²) in [5.74, 6) is 0.426. The van der Waals surface area contributed by atoms with Crippen LogP contribution in [0.2, 0.25) is 0 Å². The van der Waals surface area contributed by atoms with E-state index in [0.717, 1.165) is 50.3 Å². The van der Waals surface area contributed by atoms with E-state index in [1.165, 1.54) is 0 Å². The summed E-state index contributed by atoms with van der Waals surface area (Å²) >= 11 is 0. The van der Waals surface area contributed by atoms with Gasteiger partial charge in [-0.25, -0.2) is 4.79 Å². The number of para-hydroxylation sites is 2. The Morgan fingerprint density at radius 2 is 2.04 bits per heavy atom. The normalized spacial score (nSPS) is 15.8. The van der Waals surface area contributed by atoms with Crippen LogP contribution in [0, 0.1) is 0 Å². The average molecular weight is 474 g/mol. The molecule has 0 bridgehead atoms. The summed E-state index contributed by atoms with van der Waals surface area (Å²) in [4.78, 5) is 21.5. The van der Waals surface area contributed by atoms with Gasteiger partial charge in [0.05, 0.1) is 24.2 Å². The molecule has 2 aromatic rings. The number of hydrogen-bond donors (Lipinski definition) is 3. The lowest BCUT2D eigenvalue weighted by Gasteiger charge is -2.26. The number of ether oxygens (including phenoxy) is 1. The molecule has 0 amide bonds. The molecule has 1 saturated heterocycles. The average Bonchev–Trinajstić information content (AvgIpc) is 2.95. The molecule has 1 aromatic carbocycles. The fourth-order valence-electron chi connectivity index (χ4n) is 3.00. The number of aromatic amines is 1. The Morgan fingerprint density at radius 3 is 2.85 bits per heavy atom. The molecule has 0 saturated carbocycles. The van der Waals surface area contributed by atoms with E-state index in [2.05, 4.69) is 20.2 Å². The van der Waals surface area contributed by atoms with Crippen LogP contribution in [0.1, 0.15) is 6.42 Å². The monoisotopic (exact) mass is 474 g/mol. The Labute approximate surface area is 169 Å². The summed E-state index contributed by atoms with van der Waals surface area (Å²) in [7, 11) is 0. The van der Waals surface area contributed by atoms with Crippen molar-refractivity contribution >= 4 is 41.0 Å². The van der Waals surface area contributed by atoms with Crippen LogP contribution in [0.15, 0.2) is 34.1 Å². The molecular formula is C17H27IN6O2. The van der Waals surface area contributed by atoms with E-state index in [-0.39, 0.29) is 29.7 Å². The summed E-state index contributed by atoms with van der Waals surface area (Å²) in [6.07, 6.45) is 0.976. The Kier molecular flexibility index (Phi) is 8.39. The number of hydrogen-bond acceptors (Lipinski definition) is 4. The molecule has 0 unspecified atom stereocenters. The Bertz CT molecular complexity index is 766. The first-order valence-electron chi connectivity index (χ1n) is 8.75. The lowest BCUT2D eigenvalue weighted by atomic mass is 10.3. The molecule has 1 fully saturated rings. The van der Waals surface area contributed by atoms with Gasteiger partial charge in [-0.1, -0.05) is 12.1 Å².